The van der Waals surface area contributed by atoms with Gasteiger partial charge in [0.15, 0.2) is 18.0 Å². The van der Waals surface area contributed by atoms with Gasteiger partial charge in [0.1, 0.15) is 11.5 Å². The molecule has 2 unspecified atom stereocenters. The normalized spacial score (nSPS) is 19.4. The van der Waals surface area contributed by atoms with Crippen molar-refractivity contribution in [2.24, 2.45) is 4.99 Å². The average Bonchev–Trinajstić information content (AvgIpc) is 3.46. The average molecular weight is 481 g/mol. The summed E-state index contributed by atoms with van der Waals surface area (Å²) in [6, 6.07) is 14.6. The number of benzene rings is 1. The predicted octanol–water partition coefficient (Wildman–Crippen LogP) is 2.51. The standard InChI is InChI=1S/C26H24N8O2/c1-2-33-24-22(25(35)31-26(33)36)34(15-17-7-9-18(10-8-17)23-27-11-5-12-28-23)21(30-24)14-19-16-32-13-4-3-6-20(32)29-19/h3-13,16,22,24H,2,14-15H2,1H3,(H,31,35,36). The van der Waals surface area contributed by atoms with E-state index >= 15 is 0 Å². The van der Waals surface area contributed by atoms with Crippen molar-refractivity contribution in [2.45, 2.75) is 32.1 Å². The first kappa shape index (κ1) is 21.9. The number of nitrogens with one attached hydrogen (secondary N) is 1. The molecule has 36 heavy (non-hydrogen) atoms. The van der Waals surface area contributed by atoms with Gasteiger partial charge in [0, 0.05) is 49.9 Å². The number of amides is 3. The number of urea groups is 1. The molecule has 5 heterocycles. The fourth-order valence-electron chi connectivity index (χ4n) is 4.81. The van der Waals surface area contributed by atoms with Crippen LogP contribution in [-0.4, -0.2) is 65.7 Å². The summed E-state index contributed by atoms with van der Waals surface area (Å²) >= 11 is 0. The van der Waals surface area contributed by atoms with Crippen LogP contribution in [0.15, 0.2) is 78.3 Å². The van der Waals surface area contributed by atoms with E-state index in [0.717, 1.165) is 28.3 Å². The molecule has 4 aromatic rings. The van der Waals surface area contributed by atoms with Gasteiger partial charge in [-0.25, -0.2) is 24.7 Å². The molecule has 2 atom stereocenters. The summed E-state index contributed by atoms with van der Waals surface area (Å²) in [5.41, 5.74) is 3.60. The van der Waals surface area contributed by atoms with E-state index in [9.17, 15) is 9.59 Å². The summed E-state index contributed by atoms with van der Waals surface area (Å²) in [7, 11) is 0. The molecule has 10 nitrogen and oxygen atoms in total. The molecular weight excluding hydrogens is 456 g/mol. The molecule has 2 aliphatic heterocycles. The maximum Gasteiger partial charge on any atom is 0.325 e. The van der Waals surface area contributed by atoms with E-state index < -0.39 is 18.2 Å². The van der Waals surface area contributed by atoms with E-state index in [2.05, 4.69) is 15.3 Å². The van der Waals surface area contributed by atoms with Crippen LogP contribution in [0.5, 0.6) is 0 Å². The zero-order valence-corrected chi connectivity index (χ0v) is 19.7. The number of imidazole rings is 1. The first-order chi connectivity index (χ1) is 17.6. The molecule has 1 N–H and O–H groups in total. The molecule has 180 valence electrons. The second-order valence-corrected chi connectivity index (χ2v) is 8.76. The van der Waals surface area contributed by atoms with Gasteiger partial charge >= 0.3 is 6.03 Å². The van der Waals surface area contributed by atoms with Crippen molar-refractivity contribution in [3.63, 3.8) is 0 Å². The van der Waals surface area contributed by atoms with Gasteiger partial charge in [-0.15, -0.1) is 0 Å². The third kappa shape index (κ3) is 3.86. The van der Waals surface area contributed by atoms with Crippen molar-refractivity contribution in [1.82, 2.24) is 34.5 Å². The van der Waals surface area contributed by atoms with E-state index in [1.807, 2.05) is 71.1 Å². The van der Waals surface area contributed by atoms with E-state index in [4.69, 9.17) is 9.98 Å². The summed E-state index contributed by atoms with van der Waals surface area (Å²) in [4.78, 5) is 47.3. The number of fused-ring (bicyclic) bond motifs is 2. The van der Waals surface area contributed by atoms with E-state index in [0.29, 0.717) is 25.3 Å². The Balaban J connectivity index is 1.32. The second-order valence-electron chi connectivity index (χ2n) is 8.76. The molecule has 1 fully saturated rings. The number of hydrogen-bond acceptors (Lipinski definition) is 7. The number of likely N-dealkylation sites (N-methyl/N-ethyl adjacent to an activating group) is 1. The van der Waals surface area contributed by atoms with Crippen molar-refractivity contribution in [2.75, 3.05) is 6.54 Å². The maximum atomic E-state index is 13.0. The molecule has 6 rings (SSSR count). The minimum Gasteiger partial charge on any atom is -0.340 e. The molecule has 0 spiro atoms. The lowest BCUT2D eigenvalue weighted by molar-refractivity contribution is -0.127. The van der Waals surface area contributed by atoms with Gasteiger partial charge in [-0.1, -0.05) is 30.3 Å². The Kier molecular flexibility index (Phi) is 5.40. The number of imide groups is 1. The number of carbonyl (C=O) groups excluding carboxylic acids is 2. The predicted molar refractivity (Wildman–Crippen MR) is 133 cm³/mol. The molecule has 3 aromatic heterocycles. The third-order valence-corrected chi connectivity index (χ3v) is 6.53. The topological polar surface area (TPSA) is 108 Å². The molecule has 3 amide bonds. The largest absolute Gasteiger partial charge is 0.340 e. The molecular formula is C26H24N8O2. The number of rotatable bonds is 6. The Morgan fingerprint density at radius 2 is 1.78 bits per heavy atom. The van der Waals surface area contributed by atoms with Gasteiger partial charge in [0.25, 0.3) is 5.91 Å². The van der Waals surface area contributed by atoms with Crippen LogP contribution in [0.4, 0.5) is 4.79 Å². The fourth-order valence-corrected chi connectivity index (χ4v) is 4.81. The van der Waals surface area contributed by atoms with Crippen molar-refractivity contribution < 1.29 is 9.59 Å². The van der Waals surface area contributed by atoms with Gasteiger partial charge in [-0.05, 0) is 30.7 Å². The lowest BCUT2D eigenvalue weighted by Gasteiger charge is -2.37. The van der Waals surface area contributed by atoms with Crippen LogP contribution in [0, 0.1) is 0 Å². The highest BCUT2D eigenvalue weighted by atomic mass is 16.2. The van der Waals surface area contributed by atoms with Gasteiger partial charge in [-0.3, -0.25) is 15.0 Å². The van der Waals surface area contributed by atoms with Gasteiger partial charge in [-0.2, -0.15) is 0 Å². The Morgan fingerprint density at radius 3 is 2.53 bits per heavy atom. The van der Waals surface area contributed by atoms with E-state index in [-0.39, 0.29) is 5.91 Å². The Hall–Kier alpha value is -4.60. The number of hydrogen-bond donors (Lipinski definition) is 1. The smallest absolute Gasteiger partial charge is 0.325 e. The van der Waals surface area contributed by atoms with Crippen molar-refractivity contribution in [3.05, 3.63) is 84.6 Å². The fraction of sp³-hybridized carbons (Fsp3) is 0.231. The number of carbonyl (C=O) groups is 2. The van der Waals surface area contributed by atoms with Crippen LogP contribution in [0.2, 0.25) is 0 Å². The minimum atomic E-state index is -0.605. The van der Waals surface area contributed by atoms with Crippen LogP contribution in [0.3, 0.4) is 0 Å². The van der Waals surface area contributed by atoms with Crippen LogP contribution in [0.1, 0.15) is 18.2 Å². The summed E-state index contributed by atoms with van der Waals surface area (Å²) < 4.78 is 1.96. The molecule has 0 aliphatic carbocycles. The van der Waals surface area contributed by atoms with Gasteiger partial charge < -0.3 is 9.30 Å². The first-order valence-corrected chi connectivity index (χ1v) is 11.8. The van der Waals surface area contributed by atoms with Crippen LogP contribution >= 0.6 is 0 Å². The SMILES string of the molecule is CCN1C(=O)NC(=O)C2C1N=C(Cc1cn3ccccc3n1)N2Cc1ccc(-c2ncccn2)cc1. The lowest BCUT2D eigenvalue weighted by Crippen LogP contribution is -2.64. The Bertz CT molecular complexity index is 1430. The number of aromatic nitrogens is 4. The van der Waals surface area contributed by atoms with E-state index in [1.54, 1.807) is 23.4 Å². The molecule has 0 saturated carbocycles. The Morgan fingerprint density at radius 1 is 0.972 bits per heavy atom. The van der Waals surface area contributed by atoms with Crippen LogP contribution in [0.25, 0.3) is 17.0 Å². The van der Waals surface area contributed by atoms with Crippen LogP contribution < -0.4 is 5.32 Å². The monoisotopic (exact) mass is 480 g/mol. The first-order valence-electron chi connectivity index (χ1n) is 11.8. The molecule has 0 radical (unpaired) electrons. The summed E-state index contributed by atoms with van der Waals surface area (Å²) in [5, 5.41) is 2.50. The lowest BCUT2D eigenvalue weighted by atomic mass is 10.1. The number of pyridine rings is 1. The molecule has 1 aromatic carbocycles. The quantitative estimate of drug-likeness (QED) is 0.454. The zero-order chi connectivity index (χ0) is 24.6. The summed E-state index contributed by atoms with van der Waals surface area (Å²) in [6.07, 6.45) is 7.22. The number of nitrogens with zero attached hydrogens (tertiary/aromatic N) is 7. The zero-order valence-electron chi connectivity index (χ0n) is 19.7. The van der Waals surface area contributed by atoms with Crippen LogP contribution in [-0.2, 0) is 17.8 Å². The van der Waals surface area contributed by atoms with Crippen molar-refractivity contribution >= 4 is 23.4 Å². The van der Waals surface area contributed by atoms with Gasteiger partial charge in [0.2, 0.25) is 0 Å². The summed E-state index contributed by atoms with van der Waals surface area (Å²) in [5.74, 6) is 1.05. The highest BCUT2D eigenvalue weighted by molar-refractivity contribution is 6.04. The highest BCUT2D eigenvalue weighted by Gasteiger charge is 2.49. The summed E-state index contributed by atoms with van der Waals surface area (Å²) in [6.45, 7) is 2.80. The van der Waals surface area contributed by atoms with E-state index in [1.165, 1.54) is 0 Å². The maximum absolute atomic E-state index is 13.0. The highest BCUT2D eigenvalue weighted by Crippen LogP contribution is 2.28. The third-order valence-electron chi connectivity index (χ3n) is 6.53. The molecule has 2 aliphatic rings. The molecule has 10 heteroatoms. The molecule has 0 bridgehead atoms. The second kappa shape index (κ2) is 8.88. The number of aliphatic imine (C=N–C) groups is 1. The van der Waals surface area contributed by atoms with Gasteiger partial charge in [0.05, 0.1) is 5.69 Å². The minimum absolute atomic E-state index is 0.335. The van der Waals surface area contributed by atoms with Crippen molar-refractivity contribution in [3.8, 4) is 11.4 Å². The van der Waals surface area contributed by atoms with Crippen molar-refractivity contribution in [1.29, 1.82) is 0 Å². The molecule has 1 saturated heterocycles. The Labute approximate surface area is 207 Å². The number of amidine groups is 1.